The Balaban J connectivity index is 2.10. The van der Waals surface area contributed by atoms with Gasteiger partial charge in [0.25, 0.3) is 0 Å². The van der Waals surface area contributed by atoms with Crippen LogP contribution in [0, 0.1) is 0 Å². The van der Waals surface area contributed by atoms with Gasteiger partial charge in [-0.2, -0.15) is 0 Å². The lowest BCUT2D eigenvalue weighted by Crippen LogP contribution is -1.89. The number of carbonyl (C=O) groups is 1. The molecule has 19 heavy (non-hydrogen) atoms. The molecule has 0 amide bonds. The van der Waals surface area contributed by atoms with E-state index in [9.17, 15) is 4.79 Å². The van der Waals surface area contributed by atoms with E-state index < -0.39 is 0 Å². The second kappa shape index (κ2) is 5.96. The molecule has 2 aromatic rings. The molecule has 3 nitrogen and oxygen atoms in total. The van der Waals surface area contributed by atoms with E-state index >= 15 is 0 Å². The molecule has 0 aromatic heterocycles. The van der Waals surface area contributed by atoms with Crippen LogP contribution in [0.1, 0.15) is 22.8 Å². The number of rotatable bonds is 4. The number of hydrogen-bond acceptors (Lipinski definition) is 3. The summed E-state index contributed by atoms with van der Waals surface area (Å²) in [6.45, 7) is 1.55. The first kappa shape index (κ1) is 13.0. The van der Waals surface area contributed by atoms with Gasteiger partial charge in [0, 0.05) is 11.8 Å². The molecule has 0 heterocycles. The number of nitrogens with zero attached hydrogens (tertiary/aromatic N) is 1. The van der Waals surface area contributed by atoms with Crippen LogP contribution in [0.2, 0.25) is 0 Å². The fourth-order valence-corrected chi connectivity index (χ4v) is 1.62. The van der Waals surface area contributed by atoms with Crippen LogP contribution in [-0.4, -0.2) is 19.1 Å². The molecule has 0 N–H and O–H groups in total. The van der Waals surface area contributed by atoms with Crippen molar-refractivity contribution in [1.29, 1.82) is 0 Å². The standard InChI is InChI=1S/C16H15NO2/c1-12(18)14-5-7-15(8-6-14)17-11-13-3-9-16(19-2)10-4-13/h3-11H,1-2H3. The van der Waals surface area contributed by atoms with Crippen LogP contribution in [0.3, 0.4) is 0 Å². The Morgan fingerprint density at radius 1 is 1.05 bits per heavy atom. The van der Waals surface area contributed by atoms with Gasteiger partial charge in [0.05, 0.1) is 12.8 Å². The molecular weight excluding hydrogens is 238 g/mol. The molecular formula is C16H15NO2. The minimum Gasteiger partial charge on any atom is -0.497 e. The topological polar surface area (TPSA) is 38.7 Å². The predicted octanol–water partition coefficient (Wildman–Crippen LogP) is 3.65. The second-order valence-electron chi connectivity index (χ2n) is 4.13. The fraction of sp³-hybridized carbons (Fsp3) is 0.125. The maximum absolute atomic E-state index is 11.1. The summed E-state index contributed by atoms with van der Waals surface area (Å²) in [4.78, 5) is 15.5. The number of carbonyl (C=O) groups excluding carboxylic acids is 1. The van der Waals surface area contributed by atoms with Crippen LogP contribution < -0.4 is 4.74 Å². The number of ether oxygens (including phenoxy) is 1. The quantitative estimate of drug-likeness (QED) is 0.616. The third-order valence-corrected chi connectivity index (χ3v) is 2.75. The summed E-state index contributed by atoms with van der Waals surface area (Å²) in [6, 6.07) is 14.9. The lowest BCUT2D eigenvalue weighted by Gasteiger charge is -1.99. The van der Waals surface area contributed by atoms with Gasteiger partial charge < -0.3 is 4.74 Å². The zero-order valence-corrected chi connectivity index (χ0v) is 11.0. The van der Waals surface area contributed by atoms with Gasteiger partial charge in [0.15, 0.2) is 5.78 Å². The first-order valence-corrected chi connectivity index (χ1v) is 5.98. The molecule has 3 heteroatoms. The van der Waals surface area contributed by atoms with E-state index in [-0.39, 0.29) is 5.78 Å². The second-order valence-corrected chi connectivity index (χ2v) is 4.13. The third kappa shape index (κ3) is 3.52. The lowest BCUT2D eigenvalue weighted by molar-refractivity contribution is 0.101. The highest BCUT2D eigenvalue weighted by molar-refractivity contribution is 5.94. The van der Waals surface area contributed by atoms with Crippen LogP contribution in [0.25, 0.3) is 0 Å². The van der Waals surface area contributed by atoms with Gasteiger partial charge in [0.1, 0.15) is 5.75 Å². The van der Waals surface area contributed by atoms with Crippen molar-refractivity contribution < 1.29 is 9.53 Å². The smallest absolute Gasteiger partial charge is 0.159 e. The average molecular weight is 253 g/mol. The molecule has 96 valence electrons. The maximum atomic E-state index is 11.1. The van der Waals surface area contributed by atoms with E-state index in [1.54, 1.807) is 32.4 Å². The monoisotopic (exact) mass is 253 g/mol. The molecule has 0 radical (unpaired) electrons. The molecule has 0 unspecified atom stereocenters. The minimum atomic E-state index is 0.0608. The number of ketones is 1. The van der Waals surface area contributed by atoms with Crippen molar-refractivity contribution >= 4 is 17.7 Å². The largest absolute Gasteiger partial charge is 0.497 e. The number of aliphatic imine (C=N–C) groups is 1. The summed E-state index contributed by atoms with van der Waals surface area (Å²) in [5.74, 6) is 0.883. The Hall–Kier alpha value is -2.42. The van der Waals surface area contributed by atoms with Crippen molar-refractivity contribution in [2.75, 3.05) is 7.11 Å². The Morgan fingerprint density at radius 2 is 1.68 bits per heavy atom. The van der Waals surface area contributed by atoms with Gasteiger partial charge in [0.2, 0.25) is 0 Å². The van der Waals surface area contributed by atoms with E-state index in [4.69, 9.17) is 4.74 Å². The highest BCUT2D eigenvalue weighted by atomic mass is 16.5. The highest BCUT2D eigenvalue weighted by Crippen LogP contribution is 2.14. The van der Waals surface area contributed by atoms with E-state index in [1.807, 2.05) is 36.4 Å². The third-order valence-electron chi connectivity index (χ3n) is 2.75. The molecule has 0 saturated carbocycles. The minimum absolute atomic E-state index is 0.0608. The van der Waals surface area contributed by atoms with E-state index in [0.717, 1.165) is 17.0 Å². The number of hydrogen-bond donors (Lipinski definition) is 0. The molecule has 0 aliphatic heterocycles. The van der Waals surface area contributed by atoms with Crippen molar-refractivity contribution in [3.8, 4) is 5.75 Å². The van der Waals surface area contributed by atoms with Gasteiger partial charge in [-0.05, 0) is 61.0 Å². The van der Waals surface area contributed by atoms with E-state index in [1.165, 1.54) is 0 Å². The van der Waals surface area contributed by atoms with Crippen LogP contribution in [0.15, 0.2) is 53.5 Å². The summed E-state index contributed by atoms with van der Waals surface area (Å²) < 4.78 is 5.09. The molecule has 0 atom stereocenters. The number of methoxy groups -OCH3 is 1. The normalized spacial score (nSPS) is 10.6. The Kier molecular flexibility index (Phi) is 4.08. The van der Waals surface area contributed by atoms with E-state index in [0.29, 0.717) is 5.56 Å². The van der Waals surface area contributed by atoms with Crippen LogP contribution in [0.5, 0.6) is 5.75 Å². The van der Waals surface area contributed by atoms with Gasteiger partial charge in [-0.15, -0.1) is 0 Å². The van der Waals surface area contributed by atoms with E-state index in [2.05, 4.69) is 4.99 Å². The van der Waals surface area contributed by atoms with Crippen LogP contribution >= 0.6 is 0 Å². The molecule has 2 aromatic carbocycles. The summed E-state index contributed by atoms with van der Waals surface area (Å²) >= 11 is 0. The molecule has 0 spiro atoms. The Labute approximate surface area is 112 Å². The zero-order chi connectivity index (χ0) is 13.7. The Morgan fingerprint density at radius 3 is 2.21 bits per heavy atom. The van der Waals surface area contributed by atoms with Crippen molar-refractivity contribution in [1.82, 2.24) is 0 Å². The van der Waals surface area contributed by atoms with Gasteiger partial charge in [-0.1, -0.05) is 0 Å². The molecule has 2 rings (SSSR count). The van der Waals surface area contributed by atoms with Gasteiger partial charge in [-0.25, -0.2) is 0 Å². The molecule has 0 bridgehead atoms. The van der Waals surface area contributed by atoms with Crippen LogP contribution in [-0.2, 0) is 0 Å². The van der Waals surface area contributed by atoms with Crippen molar-refractivity contribution in [3.63, 3.8) is 0 Å². The first-order valence-electron chi connectivity index (χ1n) is 5.98. The average Bonchev–Trinajstić information content (AvgIpc) is 2.46. The molecule has 0 aliphatic carbocycles. The summed E-state index contributed by atoms with van der Waals surface area (Å²) in [6.07, 6.45) is 1.78. The summed E-state index contributed by atoms with van der Waals surface area (Å²) in [5, 5.41) is 0. The zero-order valence-electron chi connectivity index (χ0n) is 11.0. The van der Waals surface area contributed by atoms with Crippen molar-refractivity contribution in [2.24, 2.45) is 4.99 Å². The lowest BCUT2D eigenvalue weighted by atomic mass is 10.1. The predicted molar refractivity (Wildman–Crippen MR) is 76.7 cm³/mol. The SMILES string of the molecule is COc1ccc(C=Nc2ccc(C(C)=O)cc2)cc1. The summed E-state index contributed by atoms with van der Waals surface area (Å²) in [5.41, 5.74) is 2.51. The van der Waals surface area contributed by atoms with Crippen molar-refractivity contribution in [2.45, 2.75) is 6.92 Å². The maximum Gasteiger partial charge on any atom is 0.159 e. The summed E-state index contributed by atoms with van der Waals surface area (Å²) in [7, 11) is 1.64. The molecule has 0 saturated heterocycles. The molecule has 0 aliphatic rings. The van der Waals surface area contributed by atoms with Gasteiger partial charge in [-0.3, -0.25) is 9.79 Å². The fourth-order valence-electron chi connectivity index (χ4n) is 1.62. The first-order chi connectivity index (χ1) is 9.19. The molecule has 0 fully saturated rings. The highest BCUT2D eigenvalue weighted by Gasteiger charge is 1.97. The Bertz CT molecular complexity index is 583. The van der Waals surface area contributed by atoms with Crippen molar-refractivity contribution in [3.05, 3.63) is 59.7 Å². The number of benzene rings is 2. The van der Waals surface area contributed by atoms with Crippen LogP contribution in [0.4, 0.5) is 5.69 Å². The van der Waals surface area contributed by atoms with Gasteiger partial charge >= 0.3 is 0 Å². The number of Topliss-reactive ketones (excluding diaryl/α,β-unsaturated/α-hetero) is 1.